The largest absolute Gasteiger partial charge is 0.368 e. The molecule has 0 saturated carbocycles. The first-order chi connectivity index (χ1) is 14.2. The molecule has 0 atom stereocenters. The Kier molecular flexibility index (Phi) is 5.89. The molecule has 1 aliphatic heterocycles. The van der Waals surface area contributed by atoms with Crippen LogP contribution >= 0.6 is 0 Å². The lowest BCUT2D eigenvalue weighted by atomic mass is 10.2. The van der Waals surface area contributed by atoms with Gasteiger partial charge in [-0.3, -0.25) is 0 Å². The van der Waals surface area contributed by atoms with E-state index in [9.17, 15) is 0 Å². The zero-order valence-corrected chi connectivity index (χ0v) is 17.1. The van der Waals surface area contributed by atoms with Gasteiger partial charge >= 0.3 is 0 Å². The normalized spacial score (nSPS) is 14.3. The smallest absolute Gasteiger partial charge is 0.247 e. The van der Waals surface area contributed by atoms with E-state index in [4.69, 9.17) is 4.98 Å². The molecule has 1 fully saturated rings. The van der Waals surface area contributed by atoms with Gasteiger partial charge < -0.3 is 14.7 Å². The van der Waals surface area contributed by atoms with Gasteiger partial charge in [-0.2, -0.15) is 10.1 Å². The SMILES string of the molecule is CC(C)N(Cc1ccccc1)c1nncc(N2CCN(c3ccccc3)CC2)n1. The lowest BCUT2D eigenvalue weighted by molar-refractivity contribution is 0.629. The highest BCUT2D eigenvalue weighted by atomic mass is 15.4. The number of rotatable bonds is 6. The van der Waals surface area contributed by atoms with Crippen LogP contribution in [0.3, 0.4) is 0 Å². The summed E-state index contributed by atoms with van der Waals surface area (Å²) >= 11 is 0. The van der Waals surface area contributed by atoms with Crippen LogP contribution in [-0.2, 0) is 6.54 Å². The number of nitrogens with zero attached hydrogens (tertiary/aromatic N) is 6. The molecule has 4 rings (SSSR count). The van der Waals surface area contributed by atoms with Crippen LogP contribution in [0.25, 0.3) is 0 Å². The Morgan fingerprint density at radius 3 is 2.14 bits per heavy atom. The summed E-state index contributed by atoms with van der Waals surface area (Å²) in [4.78, 5) is 11.8. The maximum absolute atomic E-state index is 4.87. The summed E-state index contributed by atoms with van der Waals surface area (Å²) in [5.74, 6) is 1.59. The summed E-state index contributed by atoms with van der Waals surface area (Å²) in [5.41, 5.74) is 2.52. The first-order valence-electron chi connectivity index (χ1n) is 10.3. The monoisotopic (exact) mass is 388 g/mol. The van der Waals surface area contributed by atoms with Gasteiger partial charge in [-0.05, 0) is 31.5 Å². The van der Waals surface area contributed by atoms with Crippen molar-refractivity contribution in [2.75, 3.05) is 40.9 Å². The van der Waals surface area contributed by atoms with Crippen molar-refractivity contribution in [3.8, 4) is 0 Å². The van der Waals surface area contributed by atoms with E-state index < -0.39 is 0 Å². The van der Waals surface area contributed by atoms with Crippen molar-refractivity contribution in [3.05, 3.63) is 72.4 Å². The molecule has 0 N–H and O–H groups in total. The van der Waals surface area contributed by atoms with Crippen LogP contribution in [0.4, 0.5) is 17.5 Å². The van der Waals surface area contributed by atoms with E-state index in [0.717, 1.165) is 38.5 Å². The predicted molar refractivity (Wildman–Crippen MR) is 118 cm³/mol. The average molecular weight is 389 g/mol. The van der Waals surface area contributed by atoms with Crippen molar-refractivity contribution < 1.29 is 0 Å². The Morgan fingerprint density at radius 2 is 1.48 bits per heavy atom. The van der Waals surface area contributed by atoms with E-state index in [1.807, 2.05) is 6.07 Å². The molecule has 0 bridgehead atoms. The average Bonchev–Trinajstić information content (AvgIpc) is 2.79. The molecule has 6 nitrogen and oxygen atoms in total. The maximum atomic E-state index is 4.87. The fourth-order valence-electron chi connectivity index (χ4n) is 3.66. The summed E-state index contributed by atoms with van der Waals surface area (Å²) in [6, 6.07) is 21.3. The number of hydrogen-bond donors (Lipinski definition) is 0. The lowest BCUT2D eigenvalue weighted by Gasteiger charge is -2.37. The minimum Gasteiger partial charge on any atom is -0.368 e. The molecule has 2 aromatic carbocycles. The summed E-state index contributed by atoms with van der Waals surface area (Å²) in [5, 5.41) is 8.61. The van der Waals surface area contributed by atoms with E-state index in [0.29, 0.717) is 5.95 Å². The van der Waals surface area contributed by atoms with Gasteiger partial charge in [0.2, 0.25) is 5.95 Å². The van der Waals surface area contributed by atoms with E-state index in [-0.39, 0.29) is 6.04 Å². The first-order valence-corrected chi connectivity index (χ1v) is 10.3. The fraction of sp³-hybridized carbons (Fsp3) is 0.348. The fourth-order valence-corrected chi connectivity index (χ4v) is 3.66. The highest BCUT2D eigenvalue weighted by Gasteiger charge is 2.21. The molecule has 2 heterocycles. The molecule has 0 radical (unpaired) electrons. The topological polar surface area (TPSA) is 48.4 Å². The summed E-state index contributed by atoms with van der Waals surface area (Å²) in [7, 11) is 0. The number of aromatic nitrogens is 3. The molecule has 1 saturated heterocycles. The number of piperazine rings is 1. The van der Waals surface area contributed by atoms with Crippen molar-refractivity contribution in [2.45, 2.75) is 26.4 Å². The molecule has 0 spiro atoms. The van der Waals surface area contributed by atoms with Crippen LogP contribution in [0.2, 0.25) is 0 Å². The molecule has 0 amide bonds. The van der Waals surface area contributed by atoms with Gasteiger partial charge in [-0.25, -0.2) is 0 Å². The van der Waals surface area contributed by atoms with Gasteiger partial charge in [-0.1, -0.05) is 48.5 Å². The standard InChI is InChI=1S/C23H28N6/c1-19(2)29(18-20-9-5-3-6-10-20)23-25-22(17-24-26-23)28-15-13-27(14-16-28)21-11-7-4-8-12-21/h3-12,17,19H,13-16,18H2,1-2H3. The van der Waals surface area contributed by atoms with Crippen molar-refractivity contribution in [2.24, 2.45) is 0 Å². The van der Waals surface area contributed by atoms with Crippen LogP contribution in [0.15, 0.2) is 66.9 Å². The minimum atomic E-state index is 0.280. The van der Waals surface area contributed by atoms with Crippen molar-refractivity contribution >= 4 is 17.5 Å². The van der Waals surface area contributed by atoms with Crippen LogP contribution < -0.4 is 14.7 Å². The number of hydrogen-bond acceptors (Lipinski definition) is 6. The molecule has 0 unspecified atom stereocenters. The predicted octanol–water partition coefficient (Wildman–Crippen LogP) is 3.61. The third-order valence-corrected chi connectivity index (χ3v) is 5.34. The van der Waals surface area contributed by atoms with E-state index in [2.05, 4.69) is 93.3 Å². The van der Waals surface area contributed by atoms with Gasteiger partial charge in [0.15, 0.2) is 5.82 Å². The summed E-state index contributed by atoms with van der Waals surface area (Å²) in [6.07, 6.45) is 1.78. The van der Waals surface area contributed by atoms with Crippen LogP contribution in [-0.4, -0.2) is 47.4 Å². The highest BCUT2D eigenvalue weighted by Crippen LogP contribution is 2.21. The Balaban J connectivity index is 1.47. The Bertz CT molecular complexity index is 892. The highest BCUT2D eigenvalue weighted by molar-refractivity contribution is 5.49. The number of anilines is 3. The van der Waals surface area contributed by atoms with Gasteiger partial charge in [-0.15, -0.1) is 5.10 Å². The molecular weight excluding hydrogens is 360 g/mol. The lowest BCUT2D eigenvalue weighted by Crippen LogP contribution is -2.47. The second-order valence-corrected chi connectivity index (χ2v) is 7.63. The van der Waals surface area contributed by atoms with Gasteiger partial charge in [0, 0.05) is 44.5 Å². The first kappa shape index (κ1) is 19.2. The van der Waals surface area contributed by atoms with Crippen LogP contribution in [0.1, 0.15) is 19.4 Å². The zero-order chi connectivity index (χ0) is 20.1. The molecule has 6 heteroatoms. The van der Waals surface area contributed by atoms with Crippen LogP contribution in [0, 0.1) is 0 Å². The number of para-hydroxylation sites is 1. The third-order valence-electron chi connectivity index (χ3n) is 5.34. The van der Waals surface area contributed by atoms with Crippen LogP contribution in [0.5, 0.6) is 0 Å². The van der Waals surface area contributed by atoms with Crippen molar-refractivity contribution in [3.63, 3.8) is 0 Å². The van der Waals surface area contributed by atoms with Gasteiger partial charge in [0.05, 0.1) is 6.20 Å². The van der Waals surface area contributed by atoms with Crippen molar-refractivity contribution in [1.29, 1.82) is 0 Å². The molecule has 3 aromatic rings. The Hall–Kier alpha value is -3.15. The quantitative estimate of drug-likeness (QED) is 0.643. The summed E-state index contributed by atoms with van der Waals surface area (Å²) < 4.78 is 0. The Morgan fingerprint density at radius 1 is 0.862 bits per heavy atom. The van der Waals surface area contributed by atoms with Crippen molar-refractivity contribution in [1.82, 2.24) is 15.2 Å². The molecule has 1 aromatic heterocycles. The van der Waals surface area contributed by atoms with Gasteiger partial charge in [0.25, 0.3) is 0 Å². The van der Waals surface area contributed by atoms with E-state index in [1.54, 1.807) is 6.20 Å². The minimum absolute atomic E-state index is 0.280. The van der Waals surface area contributed by atoms with Gasteiger partial charge in [0.1, 0.15) is 0 Å². The zero-order valence-electron chi connectivity index (χ0n) is 17.1. The number of benzene rings is 2. The van der Waals surface area contributed by atoms with E-state index in [1.165, 1.54) is 11.3 Å². The second kappa shape index (κ2) is 8.90. The molecule has 1 aliphatic rings. The molecule has 0 aliphatic carbocycles. The molecule has 29 heavy (non-hydrogen) atoms. The Labute approximate surface area is 172 Å². The third kappa shape index (κ3) is 4.65. The second-order valence-electron chi connectivity index (χ2n) is 7.63. The summed E-state index contributed by atoms with van der Waals surface area (Å²) in [6.45, 7) is 8.89. The van der Waals surface area contributed by atoms with E-state index >= 15 is 0 Å². The molecular formula is C23H28N6. The maximum Gasteiger partial charge on any atom is 0.247 e. The molecule has 150 valence electrons.